The molecule has 1 aliphatic heterocycles. The van der Waals surface area contributed by atoms with Crippen LogP contribution < -0.4 is 42.6 Å². The lowest BCUT2D eigenvalue weighted by Gasteiger charge is -2.34. The molecule has 1 aliphatic rings. The van der Waals surface area contributed by atoms with Crippen LogP contribution in [0, 0.1) is 0 Å². The highest BCUT2D eigenvalue weighted by atomic mass is 16.6. The molecule has 11 nitrogen and oxygen atoms in total. The minimum absolute atomic E-state index is 0.204. The molecule has 41 heavy (non-hydrogen) atoms. The molecule has 0 saturated carbocycles. The second-order valence-electron chi connectivity index (χ2n) is 8.87. The summed E-state index contributed by atoms with van der Waals surface area (Å²) in [5.41, 5.74) is 1.56. The van der Waals surface area contributed by atoms with E-state index in [0.717, 1.165) is 5.56 Å². The van der Waals surface area contributed by atoms with Gasteiger partial charge in [-0.25, -0.2) is 4.79 Å². The van der Waals surface area contributed by atoms with Crippen molar-refractivity contribution in [1.82, 2.24) is 0 Å². The lowest BCUT2D eigenvalue weighted by atomic mass is 9.93. The molecule has 11 heteroatoms. The van der Waals surface area contributed by atoms with E-state index in [1.165, 1.54) is 54.8 Å². The first-order valence-corrected chi connectivity index (χ1v) is 12.6. The molecule has 3 aromatic rings. The van der Waals surface area contributed by atoms with Gasteiger partial charge in [0.1, 0.15) is 23.4 Å². The maximum absolute atomic E-state index is 13.6. The number of ether oxygens (including phenoxy) is 10. The van der Waals surface area contributed by atoms with Gasteiger partial charge in [-0.05, 0) is 24.3 Å². The monoisotopic (exact) mass is 570 g/mol. The summed E-state index contributed by atoms with van der Waals surface area (Å²) < 4.78 is 56.5. The third kappa shape index (κ3) is 5.65. The van der Waals surface area contributed by atoms with Crippen LogP contribution in [0.15, 0.2) is 36.4 Å². The van der Waals surface area contributed by atoms with Crippen molar-refractivity contribution in [2.45, 2.75) is 18.6 Å². The maximum atomic E-state index is 13.6. The minimum Gasteiger partial charge on any atom is -0.496 e. The molecule has 0 bridgehead atoms. The molecule has 4 rings (SSSR count). The Morgan fingerprint density at radius 2 is 1.15 bits per heavy atom. The van der Waals surface area contributed by atoms with Gasteiger partial charge in [0.2, 0.25) is 11.5 Å². The van der Waals surface area contributed by atoms with Crippen LogP contribution in [-0.4, -0.2) is 69.0 Å². The van der Waals surface area contributed by atoms with E-state index >= 15 is 0 Å². The smallest absolute Gasteiger partial charge is 0.338 e. The first kappa shape index (κ1) is 29.3. The number of hydrogen-bond donors (Lipinski definition) is 0. The summed E-state index contributed by atoms with van der Waals surface area (Å²) in [4.78, 5) is 13.6. The van der Waals surface area contributed by atoms with Crippen molar-refractivity contribution in [2.24, 2.45) is 0 Å². The van der Waals surface area contributed by atoms with E-state index in [1.807, 2.05) is 0 Å². The largest absolute Gasteiger partial charge is 0.496 e. The Kier molecular flexibility index (Phi) is 9.06. The van der Waals surface area contributed by atoms with Crippen molar-refractivity contribution in [3.8, 4) is 51.7 Å². The number of fused-ring (bicyclic) bond motifs is 1. The summed E-state index contributed by atoms with van der Waals surface area (Å²) in [5, 5.41) is 0. The van der Waals surface area contributed by atoms with E-state index in [-0.39, 0.29) is 12.0 Å². The molecule has 220 valence electrons. The van der Waals surface area contributed by atoms with Crippen LogP contribution in [0.2, 0.25) is 0 Å². The summed E-state index contributed by atoms with van der Waals surface area (Å²) >= 11 is 0. The van der Waals surface area contributed by atoms with E-state index in [0.29, 0.717) is 57.3 Å². The Hall–Kier alpha value is -4.67. The lowest BCUT2D eigenvalue weighted by Crippen LogP contribution is -2.35. The molecule has 0 radical (unpaired) electrons. The van der Waals surface area contributed by atoms with Crippen molar-refractivity contribution >= 4 is 5.97 Å². The van der Waals surface area contributed by atoms with Gasteiger partial charge < -0.3 is 47.4 Å². The fourth-order valence-corrected chi connectivity index (χ4v) is 4.78. The molecular formula is C30H34O11. The predicted octanol–water partition coefficient (Wildman–Crippen LogP) is 4.66. The van der Waals surface area contributed by atoms with E-state index in [2.05, 4.69) is 0 Å². The lowest BCUT2D eigenvalue weighted by molar-refractivity contribution is -0.0189. The van der Waals surface area contributed by atoms with E-state index in [1.54, 1.807) is 38.5 Å². The average Bonchev–Trinajstić information content (AvgIpc) is 3.02. The average molecular weight is 571 g/mol. The fourth-order valence-electron chi connectivity index (χ4n) is 4.78. The summed E-state index contributed by atoms with van der Waals surface area (Å²) in [6, 6.07) is 10.1. The highest BCUT2D eigenvalue weighted by Crippen LogP contribution is 2.47. The SMILES string of the molecule is COc1cc(OC)c2c(c1)O[C@H](c1cc(OC)c(OC)c(OC)c1)[C@H](OC(=O)c1cc(OC)c(OC)c(OC)c1)C2. The Labute approximate surface area is 238 Å². The van der Waals surface area contributed by atoms with Gasteiger partial charge in [-0.15, -0.1) is 0 Å². The molecular weight excluding hydrogens is 536 g/mol. The highest BCUT2D eigenvalue weighted by Gasteiger charge is 2.38. The minimum atomic E-state index is -0.792. The Balaban J connectivity index is 1.81. The molecule has 0 unspecified atom stereocenters. The Morgan fingerprint density at radius 3 is 1.61 bits per heavy atom. The number of hydrogen-bond acceptors (Lipinski definition) is 11. The van der Waals surface area contributed by atoms with Crippen LogP contribution in [-0.2, 0) is 11.2 Å². The Bertz CT molecular complexity index is 1350. The van der Waals surface area contributed by atoms with Crippen molar-refractivity contribution in [3.05, 3.63) is 53.1 Å². The molecule has 0 aromatic heterocycles. The quantitative estimate of drug-likeness (QED) is 0.300. The third-order valence-electron chi connectivity index (χ3n) is 6.77. The van der Waals surface area contributed by atoms with Gasteiger partial charge in [0.15, 0.2) is 29.1 Å². The summed E-state index contributed by atoms with van der Waals surface area (Å²) in [6.45, 7) is 0. The molecule has 0 spiro atoms. The van der Waals surface area contributed by atoms with Crippen molar-refractivity contribution < 1.29 is 52.2 Å². The van der Waals surface area contributed by atoms with Crippen LogP contribution in [0.3, 0.4) is 0 Å². The zero-order valence-corrected chi connectivity index (χ0v) is 24.3. The van der Waals surface area contributed by atoms with E-state index in [9.17, 15) is 4.79 Å². The summed E-state index contributed by atoms with van der Waals surface area (Å²) in [6.07, 6.45) is -1.28. The molecule has 0 fully saturated rings. The zero-order valence-electron chi connectivity index (χ0n) is 24.3. The first-order valence-electron chi connectivity index (χ1n) is 12.6. The van der Waals surface area contributed by atoms with Crippen LogP contribution in [0.5, 0.6) is 51.7 Å². The summed E-state index contributed by atoms with van der Waals surface area (Å²) in [5.74, 6) is 3.26. The maximum Gasteiger partial charge on any atom is 0.338 e. The molecule has 2 atom stereocenters. The molecule has 1 heterocycles. The summed E-state index contributed by atoms with van der Waals surface area (Å²) in [7, 11) is 12.1. The predicted molar refractivity (Wildman–Crippen MR) is 148 cm³/mol. The van der Waals surface area contributed by atoms with Crippen molar-refractivity contribution in [2.75, 3.05) is 56.9 Å². The number of carbonyl (C=O) groups excluding carboxylic acids is 1. The van der Waals surface area contributed by atoms with Gasteiger partial charge in [0, 0.05) is 29.7 Å². The fraction of sp³-hybridized carbons (Fsp3) is 0.367. The number of carbonyl (C=O) groups is 1. The van der Waals surface area contributed by atoms with Crippen LogP contribution in [0.1, 0.15) is 27.6 Å². The van der Waals surface area contributed by atoms with Crippen LogP contribution in [0.25, 0.3) is 0 Å². The van der Waals surface area contributed by atoms with Gasteiger partial charge in [-0.2, -0.15) is 0 Å². The van der Waals surface area contributed by atoms with E-state index < -0.39 is 18.2 Å². The van der Waals surface area contributed by atoms with E-state index in [4.69, 9.17) is 47.4 Å². The normalized spacial score (nSPS) is 15.5. The van der Waals surface area contributed by atoms with Gasteiger partial charge in [0.05, 0.1) is 62.4 Å². The number of esters is 1. The van der Waals surface area contributed by atoms with Gasteiger partial charge >= 0.3 is 5.97 Å². The van der Waals surface area contributed by atoms with Crippen LogP contribution >= 0.6 is 0 Å². The highest BCUT2D eigenvalue weighted by molar-refractivity contribution is 5.91. The van der Waals surface area contributed by atoms with Gasteiger partial charge in [-0.1, -0.05) is 0 Å². The van der Waals surface area contributed by atoms with Crippen molar-refractivity contribution in [3.63, 3.8) is 0 Å². The second kappa shape index (κ2) is 12.7. The van der Waals surface area contributed by atoms with Gasteiger partial charge in [-0.3, -0.25) is 0 Å². The number of benzene rings is 3. The first-order chi connectivity index (χ1) is 19.8. The molecule has 0 amide bonds. The topological polar surface area (TPSA) is 109 Å². The number of methoxy groups -OCH3 is 8. The molecule has 0 N–H and O–H groups in total. The van der Waals surface area contributed by atoms with Crippen molar-refractivity contribution in [1.29, 1.82) is 0 Å². The second-order valence-corrected chi connectivity index (χ2v) is 8.87. The van der Waals surface area contributed by atoms with Gasteiger partial charge in [0.25, 0.3) is 0 Å². The standard InChI is InChI=1S/C30H34O11/c1-32-18-13-20(33-2)19-15-26(41-30(31)17-11-24(36-5)29(39-8)25(12-17)37-6)27(40-21(19)14-18)16-9-22(34-3)28(38-7)23(10-16)35-4/h9-14,26-27H,15H2,1-8H3/t26-,27-/m1/s1. The zero-order chi connectivity index (χ0) is 29.7. The number of rotatable bonds is 11. The third-order valence-corrected chi connectivity index (χ3v) is 6.77. The Morgan fingerprint density at radius 1 is 0.634 bits per heavy atom. The molecule has 3 aromatic carbocycles. The molecule has 0 aliphatic carbocycles. The van der Waals surface area contributed by atoms with Crippen LogP contribution in [0.4, 0.5) is 0 Å². The molecule has 0 saturated heterocycles.